The van der Waals surface area contributed by atoms with Crippen LogP contribution in [0.1, 0.15) is 24.7 Å². The van der Waals surface area contributed by atoms with Crippen molar-refractivity contribution in [2.75, 3.05) is 0 Å². The molecule has 4 rings (SSSR count). The largest absolute Gasteiger partial charge is 0.451 e. The lowest BCUT2D eigenvalue weighted by atomic mass is 10.0. The number of carbonyl (C=O) groups excluding carboxylic acids is 1. The summed E-state index contributed by atoms with van der Waals surface area (Å²) in [5.41, 5.74) is 0.00612. The molecule has 1 amide bonds. The fraction of sp³-hybridized carbons (Fsp3) is 0.292. The van der Waals surface area contributed by atoms with Crippen molar-refractivity contribution in [2.45, 2.75) is 43.0 Å². The number of sulfonamides is 1. The number of carbonyl (C=O) groups is 1. The normalized spacial score (nSPS) is 20.0. The van der Waals surface area contributed by atoms with E-state index in [2.05, 4.69) is 20.3 Å². The van der Waals surface area contributed by atoms with Crippen LogP contribution in [0.5, 0.6) is 0 Å². The quantitative estimate of drug-likeness (QED) is 0.453. The number of amides is 1. The molecule has 1 aliphatic rings. The molecule has 1 aliphatic heterocycles. The highest BCUT2D eigenvalue weighted by Crippen LogP contribution is 2.35. The van der Waals surface area contributed by atoms with E-state index in [-0.39, 0.29) is 28.1 Å². The zero-order valence-electron chi connectivity index (χ0n) is 20.0. The molecule has 3 aromatic rings. The Kier molecular flexibility index (Phi) is 7.62. The van der Waals surface area contributed by atoms with E-state index in [1.807, 2.05) is 6.07 Å². The summed E-state index contributed by atoms with van der Waals surface area (Å²) < 4.78 is 93.5. The monoisotopic (exact) mass is 566 g/mol. The highest BCUT2D eigenvalue weighted by molar-refractivity contribution is 7.89. The van der Waals surface area contributed by atoms with E-state index in [0.717, 1.165) is 47.2 Å². The summed E-state index contributed by atoms with van der Waals surface area (Å²) in [5, 5.41) is 11.9. The molecule has 0 saturated carbocycles. The molecule has 1 aromatic carbocycles. The lowest BCUT2D eigenvalue weighted by Gasteiger charge is -2.27. The molecule has 0 aliphatic carbocycles. The van der Waals surface area contributed by atoms with Crippen LogP contribution in [0.15, 0.2) is 53.8 Å². The molecule has 9 nitrogen and oxygen atoms in total. The molecule has 3 heterocycles. The zero-order chi connectivity index (χ0) is 28.5. The molecular formula is C24H19F5N6O3S. The van der Waals surface area contributed by atoms with Crippen molar-refractivity contribution in [3.8, 4) is 17.3 Å². The number of rotatable bonds is 6. The van der Waals surface area contributed by atoms with E-state index in [0.29, 0.717) is 0 Å². The van der Waals surface area contributed by atoms with E-state index >= 15 is 0 Å². The maximum atomic E-state index is 14.5. The first-order chi connectivity index (χ1) is 18.3. The van der Waals surface area contributed by atoms with Gasteiger partial charge in [-0.2, -0.15) is 22.7 Å². The van der Waals surface area contributed by atoms with Crippen molar-refractivity contribution in [3.05, 3.63) is 71.9 Å². The molecule has 1 N–H and O–H groups in total. The van der Waals surface area contributed by atoms with Crippen LogP contribution in [0.25, 0.3) is 11.3 Å². The van der Waals surface area contributed by atoms with Crippen molar-refractivity contribution in [1.29, 1.82) is 5.26 Å². The molecular weight excluding hydrogens is 547 g/mol. The molecule has 0 unspecified atom stereocenters. The Morgan fingerprint density at radius 3 is 2.36 bits per heavy atom. The minimum absolute atomic E-state index is 0.0360. The van der Waals surface area contributed by atoms with Gasteiger partial charge in [-0.25, -0.2) is 27.2 Å². The number of hydrogen-bond acceptors (Lipinski definition) is 7. The zero-order valence-corrected chi connectivity index (χ0v) is 20.8. The number of pyridine rings is 1. The molecule has 2 aromatic heterocycles. The van der Waals surface area contributed by atoms with Gasteiger partial charge >= 0.3 is 6.18 Å². The maximum absolute atomic E-state index is 14.5. The lowest BCUT2D eigenvalue weighted by molar-refractivity contribution is -0.145. The van der Waals surface area contributed by atoms with Crippen molar-refractivity contribution in [3.63, 3.8) is 0 Å². The van der Waals surface area contributed by atoms with Crippen molar-refractivity contribution in [2.24, 2.45) is 5.92 Å². The minimum atomic E-state index is -4.75. The molecule has 204 valence electrons. The second-order valence-corrected chi connectivity index (χ2v) is 10.5. The summed E-state index contributed by atoms with van der Waals surface area (Å²) in [4.78, 5) is 23.1. The number of nitrogens with zero attached hydrogens (tertiary/aromatic N) is 5. The van der Waals surface area contributed by atoms with E-state index in [9.17, 15) is 40.4 Å². The Morgan fingerprint density at radius 2 is 1.77 bits per heavy atom. The SMILES string of the molecule is C[C@H]1[C@H](C#N)C[C@@H](C(=O)NCc2cc(-c3cnc(C(F)(F)F)nc3)ncc2F)N1S(=O)(=O)c1ccc(F)cc1. The third-order valence-electron chi connectivity index (χ3n) is 6.21. The fourth-order valence-electron chi connectivity index (χ4n) is 4.18. The summed E-state index contributed by atoms with van der Waals surface area (Å²) in [6, 6.07) is 4.98. The Bertz CT molecular complexity index is 1530. The van der Waals surface area contributed by atoms with E-state index in [4.69, 9.17) is 0 Å². The van der Waals surface area contributed by atoms with Crippen LogP contribution in [0.4, 0.5) is 22.0 Å². The van der Waals surface area contributed by atoms with Gasteiger partial charge in [-0.1, -0.05) is 0 Å². The summed E-state index contributed by atoms with van der Waals surface area (Å²) in [6.45, 7) is 1.05. The van der Waals surface area contributed by atoms with Gasteiger partial charge in [-0.15, -0.1) is 0 Å². The van der Waals surface area contributed by atoms with Gasteiger partial charge in [0.2, 0.25) is 21.8 Å². The topological polar surface area (TPSA) is 129 Å². The van der Waals surface area contributed by atoms with Gasteiger partial charge in [-0.3, -0.25) is 9.78 Å². The van der Waals surface area contributed by atoms with Gasteiger partial charge in [0.25, 0.3) is 0 Å². The fourth-order valence-corrected chi connectivity index (χ4v) is 6.01. The summed E-state index contributed by atoms with van der Waals surface area (Å²) in [7, 11) is -4.31. The van der Waals surface area contributed by atoms with E-state index < -0.39 is 64.1 Å². The van der Waals surface area contributed by atoms with Gasteiger partial charge < -0.3 is 5.32 Å². The Morgan fingerprint density at radius 1 is 1.13 bits per heavy atom. The third kappa shape index (κ3) is 5.71. The first-order valence-electron chi connectivity index (χ1n) is 11.3. The van der Waals surface area contributed by atoms with Gasteiger partial charge in [-0.05, 0) is 43.7 Å². The number of nitriles is 1. The standard InChI is InChI=1S/C24H19F5N6O3S/c1-13-14(8-30)7-21(35(13)39(37,38)18-4-2-17(25)3-5-18)22(36)32-9-15-6-20(31-12-19(15)26)16-10-33-23(34-11-16)24(27,28)29/h2-6,10-14,21H,7,9H2,1H3,(H,32,36)/t13-,14-,21-/m0/s1. The third-order valence-corrected chi connectivity index (χ3v) is 8.22. The van der Waals surface area contributed by atoms with Gasteiger partial charge in [0.15, 0.2) is 0 Å². The van der Waals surface area contributed by atoms with E-state index in [1.54, 1.807) is 0 Å². The second kappa shape index (κ2) is 10.6. The van der Waals surface area contributed by atoms with Crippen molar-refractivity contribution in [1.82, 2.24) is 24.6 Å². The minimum Gasteiger partial charge on any atom is -0.351 e. The predicted molar refractivity (Wildman–Crippen MR) is 124 cm³/mol. The smallest absolute Gasteiger partial charge is 0.351 e. The van der Waals surface area contributed by atoms with Crippen LogP contribution in [-0.2, 0) is 27.5 Å². The van der Waals surface area contributed by atoms with Gasteiger partial charge in [0.05, 0.1) is 28.8 Å². The second-order valence-electron chi connectivity index (χ2n) is 8.69. The molecule has 15 heteroatoms. The first kappa shape index (κ1) is 28.0. The number of aromatic nitrogens is 3. The molecule has 1 fully saturated rings. The van der Waals surface area contributed by atoms with Crippen LogP contribution < -0.4 is 5.32 Å². The predicted octanol–water partition coefficient (Wildman–Crippen LogP) is 3.44. The highest BCUT2D eigenvalue weighted by atomic mass is 32.2. The van der Waals surface area contributed by atoms with E-state index in [1.165, 1.54) is 13.0 Å². The average Bonchev–Trinajstić information content (AvgIpc) is 3.25. The highest BCUT2D eigenvalue weighted by Gasteiger charge is 2.49. The first-order valence-corrected chi connectivity index (χ1v) is 12.8. The molecule has 1 saturated heterocycles. The summed E-state index contributed by atoms with van der Waals surface area (Å²) in [6.07, 6.45) is -2.32. The van der Waals surface area contributed by atoms with Crippen LogP contribution >= 0.6 is 0 Å². The summed E-state index contributed by atoms with van der Waals surface area (Å²) >= 11 is 0. The number of alkyl halides is 3. The number of benzene rings is 1. The Balaban J connectivity index is 1.55. The van der Waals surface area contributed by atoms with Crippen LogP contribution in [0.2, 0.25) is 0 Å². The Hall–Kier alpha value is -4.03. The van der Waals surface area contributed by atoms with Gasteiger partial charge in [0.1, 0.15) is 17.7 Å². The molecule has 0 radical (unpaired) electrons. The lowest BCUT2D eigenvalue weighted by Crippen LogP contribution is -2.48. The molecule has 0 spiro atoms. The maximum Gasteiger partial charge on any atom is 0.451 e. The van der Waals surface area contributed by atoms with Gasteiger partial charge in [0, 0.05) is 36.1 Å². The number of nitrogens with one attached hydrogen (secondary N) is 1. The van der Waals surface area contributed by atoms with Crippen LogP contribution in [-0.4, -0.2) is 45.7 Å². The summed E-state index contributed by atoms with van der Waals surface area (Å²) in [5.74, 6) is -4.48. The van der Waals surface area contributed by atoms with Crippen LogP contribution in [0.3, 0.4) is 0 Å². The van der Waals surface area contributed by atoms with Crippen molar-refractivity contribution >= 4 is 15.9 Å². The van der Waals surface area contributed by atoms with Crippen molar-refractivity contribution < 1.29 is 35.2 Å². The molecule has 3 atom stereocenters. The average molecular weight is 567 g/mol. The van der Waals surface area contributed by atoms with Crippen LogP contribution in [0, 0.1) is 28.9 Å². The molecule has 0 bridgehead atoms. The number of halogens is 5. The number of hydrogen-bond donors (Lipinski definition) is 1. The Labute approximate surface area is 219 Å². The molecule has 39 heavy (non-hydrogen) atoms.